The van der Waals surface area contributed by atoms with E-state index in [0.717, 1.165) is 50.8 Å². The smallest absolute Gasteiger partial charge is 0.271 e. The van der Waals surface area contributed by atoms with E-state index in [9.17, 15) is 4.79 Å². The van der Waals surface area contributed by atoms with Crippen molar-refractivity contribution in [1.82, 2.24) is 4.57 Å². The van der Waals surface area contributed by atoms with Gasteiger partial charge in [0.15, 0.2) is 4.80 Å². The molecule has 0 saturated heterocycles. The van der Waals surface area contributed by atoms with E-state index in [-0.39, 0.29) is 11.6 Å². The lowest BCUT2D eigenvalue weighted by atomic mass is 9.83. The van der Waals surface area contributed by atoms with E-state index < -0.39 is 0 Å². The van der Waals surface area contributed by atoms with Crippen molar-refractivity contribution in [2.45, 2.75) is 25.5 Å². The van der Waals surface area contributed by atoms with Crippen molar-refractivity contribution in [3.05, 3.63) is 158 Å². The number of benzene rings is 4. The Morgan fingerprint density at radius 3 is 2.53 bits per heavy atom. The monoisotopic (exact) mass is 706 g/mol. The van der Waals surface area contributed by atoms with Gasteiger partial charge in [-0.1, -0.05) is 94.7 Å². The highest BCUT2D eigenvalue weighted by atomic mass is 79.9. The SMILES string of the molecule is O=c1/c(=C\c2ccc(OCc3ccc(Cl)cc3Cl)c(Br)c2)sc2n1[C@H](c1ccc(Cl)cc1)C1=C(N=2)c2ccccc2CC1. The highest BCUT2D eigenvalue weighted by Crippen LogP contribution is 2.41. The van der Waals surface area contributed by atoms with Crippen molar-refractivity contribution in [2.24, 2.45) is 4.99 Å². The minimum absolute atomic E-state index is 0.0667. The Kier molecular flexibility index (Phi) is 7.83. The fraction of sp³-hybridized carbons (Fsp3) is 0.118. The van der Waals surface area contributed by atoms with Gasteiger partial charge in [-0.2, -0.15) is 0 Å². The lowest BCUT2D eigenvalue weighted by molar-refractivity contribution is 0.304. The summed E-state index contributed by atoms with van der Waals surface area (Å²) in [6.07, 6.45) is 3.65. The van der Waals surface area contributed by atoms with Gasteiger partial charge in [0.25, 0.3) is 5.56 Å². The lowest BCUT2D eigenvalue weighted by Crippen LogP contribution is -2.38. The zero-order chi connectivity index (χ0) is 29.7. The normalized spacial score (nSPS) is 15.9. The third-order valence-electron chi connectivity index (χ3n) is 7.71. The first kappa shape index (κ1) is 28.6. The molecule has 0 saturated carbocycles. The summed E-state index contributed by atoms with van der Waals surface area (Å²) in [6.45, 7) is 0.297. The number of aryl methyl sites for hydroxylation is 1. The molecule has 0 fully saturated rings. The van der Waals surface area contributed by atoms with E-state index in [1.165, 1.54) is 16.9 Å². The third-order valence-corrected chi connectivity index (χ3v) is 10.2. The Hall–Kier alpha value is -3.13. The maximum atomic E-state index is 14.0. The van der Waals surface area contributed by atoms with E-state index in [1.807, 2.05) is 65.2 Å². The molecular formula is C34H22BrCl3N2O2S. The number of nitrogens with zero attached hydrogens (tertiary/aromatic N) is 2. The summed E-state index contributed by atoms with van der Waals surface area (Å²) in [5.41, 5.74) is 7.20. The highest BCUT2D eigenvalue weighted by Gasteiger charge is 2.32. The molecule has 4 nitrogen and oxygen atoms in total. The number of hydrogen-bond acceptors (Lipinski definition) is 4. The van der Waals surface area contributed by atoms with Crippen LogP contribution in [-0.4, -0.2) is 4.57 Å². The van der Waals surface area contributed by atoms with Gasteiger partial charge in [0, 0.05) is 26.2 Å². The van der Waals surface area contributed by atoms with Gasteiger partial charge in [-0.05, 0) is 93.5 Å². The molecule has 43 heavy (non-hydrogen) atoms. The van der Waals surface area contributed by atoms with E-state index in [1.54, 1.807) is 12.1 Å². The second kappa shape index (κ2) is 11.8. The predicted molar refractivity (Wildman–Crippen MR) is 179 cm³/mol. The van der Waals surface area contributed by atoms with Crippen molar-refractivity contribution < 1.29 is 4.74 Å². The van der Waals surface area contributed by atoms with E-state index in [0.29, 0.717) is 36.8 Å². The highest BCUT2D eigenvalue weighted by molar-refractivity contribution is 9.10. The van der Waals surface area contributed by atoms with Gasteiger partial charge in [0.1, 0.15) is 12.4 Å². The van der Waals surface area contributed by atoms with Crippen LogP contribution in [0.15, 0.2) is 105 Å². The number of thiazole rings is 1. The molecule has 9 heteroatoms. The Labute approximate surface area is 275 Å². The molecule has 2 heterocycles. The minimum atomic E-state index is -0.249. The van der Waals surface area contributed by atoms with Crippen LogP contribution in [0.25, 0.3) is 11.8 Å². The van der Waals surface area contributed by atoms with Gasteiger partial charge >= 0.3 is 0 Å². The molecule has 0 N–H and O–H groups in total. The van der Waals surface area contributed by atoms with Crippen LogP contribution in [0, 0.1) is 0 Å². The van der Waals surface area contributed by atoms with Crippen LogP contribution in [-0.2, 0) is 13.0 Å². The molecule has 2 aliphatic rings. The molecule has 0 unspecified atom stereocenters. The van der Waals surface area contributed by atoms with Gasteiger partial charge in [-0.25, -0.2) is 4.99 Å². The maximum Gasteiger partial charge on any atom is 0.271 e. The number of halogens is 4. The largest absolute Gasteiger partial charge is 0.488 e. The zero-order valence-corrected chi connectivity index (χ0v) is 27.2. The summed E-state index contributed by atoms with van der Waals surface area (Å²) in [5.74, 6) is 0.665. The number of aromatic nitrogens is 1. The second-order valence-electron chi connectivity index (χ2n) is 10.4. The zero-order valence-electron chi connectivity index (χ0n) is 22.5. The fourth-order valence-corrected chi connectivity index (χ4v) is 7.74. The van der Waals surface area contributed by atoms with E-state index in [2.05, 4.69) is 34.1 Å². The van der Waals surface area contributed by atoms with Crippen molar-refractivity contribution in [1.29, 1.82) is 0 Å². The van der Waals surface area contributed by atoms with E-state index in [4.69, 9.17) is 44.5 Å². The summed E-state index contributed by atoms with van der Waals surface area (Å²) >= 11 is 23.6. The van der Waals surface area contributed by atoms with Crippen molar-refractivity contribution in [2.75, 3.05) is 0 Å². The third kappa shape index (κ3) is 5.52. The van der Waals surface area contributed by atoms with Crippen LogP contribution in [0.3, 0.4) is 0 Å². The summed E-state index contributed by atoms with van der Waals surface area (Å²) in [6, 6.07) is 27.0. The molecule has 1 aliphatic heterocycles. The molecule has 7 rings (SSSR count). The molecule has 0 amide bonds. The molecule has 1 aromatic heterocycles. The summed E-state index contributed by atoms with van der Waals surface area (Å²) < 4.78 is 9.23. The van der Waals surface area contributed by atoms with Crippen LogP contribution >= 0.6 is 62.1 Å². The van der Waals surface area contributed by atoms with Gasteiger partial charge in [0.05, 0.1) is 20.7 Å². The predicted octanol–water partition coefficient (Wildman–Crippen LogP) is 8.62. The number of ether oxygens (including phenoxy) is 1. The fourth-order valence-electron chi connectivity index (χ4n) is 5.64. The maximum absolute atomic E-state index is 14.0. The van der Waals surface area contributed by atoms with Gasteiger partial charge in [0.2, 0.25) is 0 Å². The Bertz CT molecular complexity index is 2120. The Balaban J connectivity index is 1.28. The molecule has 4 aromatic carbocycles. The molecule has 0 bridgehead atoms. The van der Waals surface area contributed by atoms with Crippen molar-refractivity contribution in [3.8, 4) is 5.75 Å². The van der Waals surface area contributed by atoms with Crippen LogP contribution in [0.2, 0.25) is 15.1 Å². The first-order valence-electron chi connectivity index (χ1n) is 13.6. The number of hydrogen-bond donors (Lipinski definition) is 0. The summed E-state index contributed by atoms with van der Waals surface area (Å²) in [7, 11) is 0. The minimum Gasteiger partial charge on any atom is -0.488 e. The summed E-state index contributed by atoms with van der Waals surface area (Å²) in [5, 5.41) is 1.79. The van der Waals surface area contributed by atoms with Gasteiger partial charge in [-0.15, -0.1) is 0 Å². The lowest BCUT2D eigenvalue weighted by Gasteiger charge is -2.30. The molecule has 0 spiro atoms. The average molecular weight is 709 g/mol. The quantitative estimate of drug-likeness (QED) is 0.184. The average Bonchev–Trinajstić information content (AvgIpc) is 3.31. The van der Waals surface area contributed by atoms with Crippen molar-refractivity contribution in [3.63, 3.8) is 0 Å². The molecule has 1 atom stereocenters. The molecule has 5 aromatic rings. The molecule has 1 aliphatic carbocycles. The first-order chi connectivity index (χ1) is 20.9. The number of rotatable bonds is 5. The second-order valence-corrected chi connectivity index (χ2v) is 13.5. The van der Waals surface area contributed by atoms with E-state index >= 15 is 0 Å². The van der Waals surface area contributed by atoms with Gasteiger partial charge < -0.3 is 4.74 Å². The van der Waals surface area contributed by atoms with Crippen LogP contribution in [0.5, 0.6) is 5.75 Å². The van der Waals surface area contributed by atoms with Crippen LogP contribution in [0.4, 0.5) is 0 Å². The Morgan fingerprint density at radius 2 is 1.74 bits per heavy atom. The molecule has 0 radical (unpaired) electrons. The van der Waals surface area contributed by atoms with Crippen LogP contribution in [0.1, 0.15) is 40.3 Å². The first-order valence-corrected chi connectivity index (χ1v) is 16.3. The number of allylic oxidation sites excluding steroid dienone is 1. The number of fused-ring (bicyclic) bond motifs is 3. The summed E-state index contributed by atoms with van der Waals surface area (Å²) in [4.78, 5) is 19.8. The van der Waals surface area contributed by atoms with Crippen LogP contribution < -0.4 is 19.6 Å². The molecular weight excluding hydrogens is 687 g/mol. The van der Waals surface area contributed by atoms with Gasteiger partial charge in [-0.3, -0.25) is 9.36 Å². The Morgan fingerprint density at radius 1 is 0.953 bits per heavy atom. The topological polar surface area (TPSA) is 43.6 Å². The van der Waals surface area contributed by atoms with Crippen molar-refractivity contribution >= 4 is 73.8 Å². The standard InChI is InChI=1S/C34H22BrCl3N2O2S/c35-27-15-19(5-14-29(27)42-18-22-8-12-24(37)17-28(22)38)16-30-33(41)40-32(21-6-10-23(36)11-7-21)26-13-9-20-3-1-2-4-25(20)31(26)39-34(40)43-30/h1-8,10-12,14-17,32H,9,13,18H2/b30-16+/t32-/m1/s1. The molecule has 214 valence electrons.